The summed E-state index contributed by atoms with van der Waals surface area (Å²) in [6.45, 7) is 0. The zero-order valence-electron chi connectivity index (χ0n) is 14.4. The van der Waals surface area contributed by atoms with E-state index in [-0.39, 0.29) is 11.6 Å². The van der Waals surface area contributed by atoms with Gasteiger partial charge >= 0.3 is 0 Å². The maximum absolute atomic E-state index is 12.8. The third-order valence-corrected chi connectivity index (χ3v) is 4.86. The molecule has 1 N–H and O–H groups in total. The molecule has 1 amide bonds. The summed E-state index contributed by atoms with van der Waals surface area (Å²) in [6, 6.07) is 21.8. The zero-order valence-corrected chi connectivity index (χ0v) is 16.0. The summed E-state index contributed by atoms with van der Waals surface area (Å²) in [5, 5.41) is 13.7. The molecule has 0 aliphatic rings. The van der Waals surface area contributed by atoms with E-state index in [1.54, 1.807) is 6.07 Å². The molecule has 0 atom stereocenters. The lowest BCUT2D eigenvalue weighted by atomic mass is 9.99. The normalized spacial score (nSPS) is 10.4. The van der Waals surface area contributed by atoms with Gasteiger partial charge in [-0.05, 0) is 52.0 Å². The van der Waals surface area contributed by atoms with Crippen LogP contribution in [0.5, 0.6) is 0 Å². The predicted molar refractivity (Wildman–Crippen MR) is 109 cm³/mol. The molecule has 6 heteroatoms. The molecule has 0 spiro atoms. The molecule has 5 nitrogen and oxygen atoms in total. The first kappa shape index (κ1) is 18.8. The van der Waals surface area contributed by atoms with Crippen LogP contribution < -0.4 is 5.32 Å². The van der Waals surface area contributed by atoms with Crippen molar-refractivity contribution in [1.82, 2.24) is 0 Å². The third kappa shape index (κ3) is 4.80. The molecule has 3 rings (SSSR count). The van der Waals surface area contributed by atoms with Gasteiger partial charge in [0.05, 0.1) is 10.6 Å². The van der Waals surface area contributed by atoms with Crippen molar-refractivity contribution in [3.8, 4) is 0 Å². The predicted octanol–water partition coefficient (Wildman–Crippen LogP) is 5.39. The molecule has 0 bridgehead atoms. The molecule has 3 aromatic carbocycles. The fourth-order valence-electron chi connectivity index (χ4n) is 2.79. The van der Waals surface area contributed by atoms with Crippen LogP contribution in [-0.2, 0) is 12.8 Å². The van der Waals surface area contributed by atoms with Crippen LogP contribution in [0.2, 0.25) is 0 Å². The number of anilines is 1. The van der Waals surface area contributed by atoms with Gasteiger partial charge in [-0.2, -0.15) is 0 Å². The van der Waals surface area contributed by atoms with Gasteiger partial charge < -0.3 is 5.32 Å². The Labute approximate surface area is 165 Å². The first-order valence-corrected chi connectivity index (χ1v) is 9.21. The number of carbonyl (C=O) groups excluding carboxylic acids is 1. The number of rotatable bonds is 6. The van der Waals surface area contributed by atoms with E-state index in [1.165, 1.54) is 23.8 Å². The molecule has 27 heavy (non-hydrogen) atoms. The van der Waals surface area contributed by atoms with Crippen LogP contribution in [0.1, 0.15) is 21.5 Å². The number of nitrogens with zero attached hydrogens (tertiary/aromatic N) is 1. The van der Waals surface area contributed by atoms with Gasteiger partial charge in [0, 0.05) is 22.2 Å². The highest BCUT2D eigenvalue weighted by atomic mass is 79.9. The summed E-state index contributed by atoms with van der Waals surface area (Å²) in [5.41, 5.74) is 3.22. The van der Waals surface area contributed by atoms with Crippen LogP contribution in [0.4, 0.5) is 11.4 Å². The summed E-state index contributed by atoms with van der Waals surface area (Å²) in [6.07, 6.45) is 1.58. The number of nitrogens with one attached hydrogen (secondary N) is 1. The summed E-state index contributed by atoms with van der Waals surface area (Å²) < 4.78 is 0.465. The molecule has 0 radical (unpaired) electrons. The largest absolute Gasteiger partial charge is 0.321 e. The maximum Gasteiger partial charge on any atom is 0.270 e. The number of non-ortho nitro benzene ring substituents is 1. The number of amides is 1. The Kier molecular flexibility index (Phi) is 5.98. The van der Waals surface area contributed by atoms with Crippen LogP contribution >= 0.6 is 15.9 Å². The number of nitro benzene ring substituents is 1. The maximum atomic E-state index is 12.8. The van der Waals surface area contributed by atoms with Crippen molar-refractivity contribution >= 4 is 33.2 Å². The highest BCUT2D eigenvalue weighted by molar-refractivity contribution is 9.10. The lowest BCUT2D eigenvalue weighted by molar-refractivity contribution is -0.384. The molecule has 0 saturated heterocycles. The van der Waals surface area contributed by atoms with Crippen molar-refractivity contribution in [2.75, 3.05) is 5.32 Å². The number of benzene rings is 3. The van der Waals surface area contributed by atoms with E-state index < -0.39 is 4.92 Å². The minimum absolute atomic E-state index is 0.0388. The van der Waals surface area contributed by atoms with Gasteiger partial charge in [-0.1, -0.05) is 48.5 Å². The molecular formula is C21H17BrN2O3. The van der Waals surface area contributed by atoms with Crippen LogP contribution in [0.15, 0.2) is 77.3 Å². The van der Waals surface area contributed by atoms with Gasteiger partial charge in [0.2, 0.25) is 0 Å². The first-order chi connectivity index (χ1) is 13.0. The van der Waals surface area contributed by atoms with Crippen molar-refractivity contribution in [1.29, 1.82) is 0 Å². The van der Waals surface area contributed by atoms with Gasteiger partial charge in [-0.15, -0.1) is 0 Å². The van der Waals surface area contributed by atoms with Crippen molar-refractivity contribution in [2.24, 2.45) is 0 Å². The number of aryl methyl sites for hydroxylation is 2. The molecule has 0 aromatic heterocycles. The van der Waals surface area contributed by atoms with Gasteiger partial charge in [0.1, 0.15) is 0 Å². The number of carbonyl (C=O) groups is 1. The summed E-state index contributed by atoms with van der Waals surface area (Å²) in [7, 11) is 0. The Morgan fingerprint density at radius 2 is 1.67 bits per heavy atom. The third-order valence-electron chi connectivity index (χ3n) is 4.20. The second-order valence-electron chi connectivity index (χ2n) is 6.02. The summed E-state index contributed by atoms with van der Waals surface area (Å²) in [5.74, 6) is -0.242. The lowest BCUT2D eigenvalue weighted by Crippen LogP contribution is -2.15. The fourth-order valence-corrected chi connectivity index (χ4v) is 3.26. The molecule has 0 saturated carbocycles. The van der Waals surface area contributed by atoms with Gasteiger partial charge in [-0.3, -0.25) is 14.9 Å². The molecule has 3 aromatic rings. The highest BCUT2D eigenvalue weighted by Crippen LogP contribution is 2.28. The van der Waals surface area contributed by atoms with E-state index in [2.05, 4.69) is 33.4 Å². The van der Waals surface area contributed by atoms with E-state index in [0.29, 0.717) is 15.7 Å². The van der Waals surface area contributed by atoms with E-state index in [1.807, 2.05) is 36.4 Å². The van der Waals surface area contributed by atoms with E-state index in [0.717, 1.165) is 18.4 Å². The molecule has 0 heterocycles. The van der Waals surface area contributed by atoms with Crippen LogP contribution in [0, 0.1) is 10.1 Å². The summed E-state index contributed by atoms with van der Waals surface area (Å²) in [4.78, 5) is 23.1. The monoisotopic (exact) mass is 424 g/mol. The SMILES string of the molecule is O=C(Nc1ccc([N+](=O)[O-])cc1Br)c1ccccc1CCc1ccccc1. The smallest absolute Gasteiger partial charge is 0.270 e. The minimum Gasteiger partial charge on any atom is -0.321 e. The topological polar surface area (TPSA) is 72.2 Å². The van der Waals surface area contributed by atoms with Crippen LogP contribution in [0.3, 0.4) is 0 Å². The Morgan fingerprint density at radius 1 is 0.963 bits per heavy atom. The minimum atomic E-state index is -0.477. The molecular weight excluding hydrogens is 408 g/mol. The van der Waals surface area contributed by atoms with Crippen molar-refractivity contribution in [3.05, 3.63) is 104 Å². The Morgan fingerprint density at radius 3 is 2.37 bits per heavy atom. The summed E-state index contributed by atoms with van der Waals surface area (Å²) >= 11 is 3.28. The van der Waals surface area contributed by atoms with Gasteiger partial charge in [0.15, 0.2) is 0 Å². The molecule has 0 aliphatic carbocycles. The quantitative estimate of drug-likeness (QED) is 0.425. The Balaban J connectivity index is 1.76. The molecule has 0 aliphatic heterocycles. The van der Waals surface area contributed by atoms with E-state index >= 15 is 0 Å². The number of hydrogen-bond acceptors (Lipinski definition) is 3. The second-order valence-corrected chi connectivity index (χ2v) is 6.87. The highest BCUT2D eigenvalue weighted by Gasteiger charge is 2.14. The molecule has 136 valence electrons. The van der Waals surface area contributed by atoms with Gasteiger partial charge in [0.25, 0.3) is 11.6 Å². The fraction of sp³-hybridized carbons (Fsp3) is 0.0952. The first-order valence-electron chi connectivity index (χ1n) is 8.42. The molecule has 0 unspecified atom stereocenters. The standard InChI is InChI=1S/C21H17BrN2O3/c22-19-14-17(24(26)27)12-13-20(19)23-21(25)18-9-5-4-8-16(18)11-10-15-6-2-1-3-7-15/h1-9,12-14H,10-11H2,(H,23,25). The van der Waals surface area contributed by atoms with Crippen LogP contribution in [-0.4, -0.2) is 10.8 Å². The van der Waals surface area contributed by atoms with E-state index in [9.17, 15) is 14.9 Å². The number of halogens is 1. The number of nitro groups is 1. The zero-order chi connectivity index (χ0) is 19.2. The van der Waals surface area contributed by atoms with Gasteiger partial charge in [-0.25, -0.2) is 0 Å². The van der Waals surface area contributed by atoms with Crippen molar-refractivity contribution in [3.63, 3.8) is 0 Å². The van der Waals surface area contributed by atoms with Crippen molar-refractivity contribution < 1.29 is 9.72 Å². The second kappa shape index (κ2) is 8.60. The Hall–Kier alpha value is -2.99. The average Bonchev–Trinajstić information content (AvgIpc) is 2.68. The van der Waals surface area contributed by atoms with E-state index in [4.69, 9.17) is 0 Å². The van der Waals surface area contributed by atoms with Crippen LogP contribution in [0.25, 0.3) is 0 Å². The average molecular weight is 425 g/mol. The molecule has 0 fully saturated rings. The number of hydrogen-bond donors (Lipinski definition) is 1. The van der Waals surface area contributed by atoms with Crippen molar-refractivity contribution in [2.45, 2.75) is 12.8 Å². The lowest BCUT2D eigenvalue weighted by Gasteiger charge is -2.11. The Bertz CT molecular complexity index is 974.